The van der Waals surface area contributed by atoms with Gasteiger partial charge >= 0.3 is 0 Å². The maximum absolute atomic E-state index is 12.2. The van der Waals surface area contributed by atoms with Gasteiger partial charge in [-0.05, 0) is 47.1 Å². The SMILES string of the molecule is CNC(=O)c1ccnc2c([C@H](C)CNc3cc(-c4ccc([S+](C)[O-])cc4)ncn3)cccc12. The van der Waals surface area contributed by atoms with Crippen molar-refractivity contribution in [2.45, 2.75) is 17.7 Å². The molecule has 2 atom stereocenters. The molecule has 4 rings (SSSR count). The second kappa shape index (κ2) is 9.97. The third kappa shape index (κ3) is 4.97. The molecule has 0 saturated carbocycles. The van der Waals surface area contributed by atoms with Crippen LogP contribution in [0.3, 0.4) is 0 Å². The van der Waals surface area contributed by atoms with E-state index in [-0.39, 0.29) is 11.8 Å². The van der Waals surface area contributed by atoms with E-state index in [1.807, 2.05) is 48.5 Å². The maximum Gasteiger partial charge on any atom is 0.251 e. The number of carbonyl (C=O) groups excluding carboxylic acids is 1. The predicted octanol–water partition coefficient (Wildman–Crippen LogP) is 4.00. The van der Waals surface area contributed by atoms with Gasteiger partial charge in [0.1, 0.15) is 18.4 Å². The molecule has 7 nitrogen and oxygen atoms in total. The van der Waals surface area contributed by atoms with E-state index in [1.54, 1.807) is 25.6 Å². The quantitative estimate of drug-likeness (QED) is 0.405. The fourth-order valence-corrected chi connectivity index (χ4v) is 4.25. The zero-order valence-electron chi connectivity index (χ0n) is 18.7. The van der Waals surface area contributed by atoms with Crippen molar-refractivity contribution >= 4 is 33.8 Å². The summed E-state index contributed by atoms with van der Waals surface area (Å²) >= 11 is -1.01. The van der Waals surface area contributed by atoms with Gasteiger partial charge < -0.3 is 15.2 Å². The van der Waals surface area contributed by atoms with Gasteiger partial charge in [-0.1, -0.05) is 25.1 Å². The smallest absolute Gasteiger partial charge is 0.251 e. The summed E-state index contributed by atoms with van der Waals surface area (Å²) in [6.07, 6.45) is 4.86. The second-order valence-electron chi connectivity index (χ2n) is 7.73. The van der Waals surface area contributed by atoms with E-state index >= 15 is 0 Å². The van der Waals surface area contributed by atoms with Crippen LogP contribution in [0, 0.1) is 0 Å². The number of benzene rings is 2. The molecule has 8 heteroatoms. The number of nitrogens with one attached hydrogen (secondary N) is 2. The van der Waals surface area contributed by atoms with Crippen molar-refractivity contribution in [1.82, 2.24) is 20.3 Å². The highest BCUT2D eigenvalue weighted by Gasteiger charge is 2.15. The molecule has 0 bridgehead atoms. The number of fused-ring (bicyclic) bond motifs is 1. The number of carbonyl (C=O) groups is 1. The van der Waals surface area contributed by atoms with E-state index in [1.165, 1.54) is 6.33 Å². The van der Waals surface area contributed by atoms with Crippen molar-refractivity contribution in [3.63, 3.8) is 0 Å². The van der Waals surface area contributed by atoms with E-state index in [0.29, 0.717) is 17.9 Å². The van der Waals surface area contributed by atoms with Crippen LogP contribution in [0.5, 0.6) is 0 Å². The zero-order valence-corrected chi connectivity index (χ0v) is 19.5. The minimum absolute atomic E-state index is 0.123. The topological polar surface area (TPSA) is 103 Å². The number of amides is 1. The van der Waals surface area contributed by atoms with E-state index in [4.69, 9.17) is 0 Å². The lowest BCUT2D eigenvalue weighted by atomic mass is 9.96. The third-order valence-corrected chi connectivity index (χ3v) is 6.48. The van der Waals surface area contributed by atoms with Crippen molar-refractivity contribution in [3.05, 3.63) is 78.2 Å². The van der Waals surface area contributed by atoms with E-state index in [0.717, 1.165) is 32.6 Å². The van der Waals surface area contributed by atoms with Crippen LogP contribution in [0.2, 0.25) is 0 Å². The molecule has 1 unspecified atom stereocenters. The summed E-state index contributed by atoms with van der Waals surface area (Å²) in [7, 11) is 1.63. The van der Waals surface area contributed by atoms with Crippen LogP contribution in [0.4, 0.5) is 5.82 Å². The van der Waals surface area contributed by atoms with Crippen molar-refractivity contribution in [1.29, 1.82) is 0 Å². The monoisotopic (exact) mass is 459 g/mol. The Kier molecular flexibility index (Phi) is 6.86. The summed E-state index contributed by atoms with van der Waals surface area (Å²) in [5.41, 5.74) is 4.22. The standard InChI is InChI=1S/C25H25N5O2S/c1-16(19-5-4-6-20-21(25(31)26-2)11-12-27-24(19)20)14-28-23-13-22(29-15-30-23)17-7-9-18(10-8-17)33(3)32/h4-13,15-16H,14H2,1-3H3,(H,26,31)(H,28,29,30)/t16-,33?/m1/s1. The van der Waals surface area contributed by atoms with Gasteiger partial charge in [-0.3, -0.25) is 9.78 Å². The summed E-state index contributed by atoms with van der Waals surface area (Å²) in [4.78, 5) is 26.3. The maximum atomic E-state index is 12.2. The molecular formula is C25H25N5O2S. The largest absolute Gasteiger partial charge is 0.612 e. The van der Waals surface area contributed by atoms with Crippen molar-refractivity contribution in [3.8, 4) is 11.3 Å². The van der Waals surface area contributed by atoms with Gasteiger partial charge in [-0.15, -0.1) is 0 Å². The Morgan fingerprint density at radius 1 is 1.09 bits per heavy atom. The Hall–Kier alpha value is -3.49. The van der Waals surface area contributed by atoms with E-state index in [9.17, 15) is 9.35 Å². The highest BCUT2D eigenvalue weighted by Crippen LogP contribution is 2.27. The minimum Gasteiger partial charge on any atom is -0.612 e. The number of nitrogens with zero attached hydrogens (tertiary/aromatic N) is 3. The summed E-state index contributed by atoms with van der Waals surface area (Å²) in [5.74, 6) is 0.713. The first-order chi connectivity index (χ1) is 16.0. The number of anilines is 1. The number of aromatic nitrogens is 3. The van der Waals surface area contributed by atoms with Gasteiger partial charge in [-0.25, -0.2) is 9.97 Å². The van der Waals surface area contributed by atoms with Crippen LogP contribution < -0.4 is 10.6 Å². The lowest BCUT2D eigenvalue weighted by Gasteiger charge is -2.16. The van der Waals surface area contributed by atoms with Crippen LogP contribution in [0.25, 0.3) is 22.2 Å². The Labute approximate surface area is 195 Å². The Morgan fingerprint density at radius 2 is 1.88 bits per heavy atom. The summed E-state index contributed by atoms with van der Waals surface area (Å²) in [5, 5.41) is 6.91. The number of hydrogen-bond acceptors (Lipinski definition) is 6. The van der Waals surface area contributed by atoms with Crippen molar-refractivity contribution in [2.75, 3.05) is 25.2 Å². The first-order valence-corrected chi connectivity index (χ1v) is 12.1. The molecule has 4 aromatic rings. The lowest BCUT2D eigenvalue weighted by molar-refractivity contribution is 0.0964. The van der Waals surface area contributed by atoms with Crippen molar-refractivity contribution < 1.29 is 9.35 Å². The molecular weight excluding hydrogens is 434 g/mol. The first-order valence-electron chi connectivity index (χ1n) is 10.6. The predicted molar refractivity (Wildman–Crippen MR) is 132 cm³/mol. The Balaban J connectivity index is 1.53. The van der Waals surface area contributed by atoms with Gasteiger partial charge in [-0.2, -0.15) is 0 Å². The molecule has 168 valence electrons. The van der Waals surface area contributed by atoms with Crippen LogP contribution in [-0.4, -0.2) is 45.3 Å². The first kappa shape index (κ1) is 22.7. The fraction of sp³-hybridized carbons (Fsp3) is 0.200. The molecule has 2 N–H and O–H groups in total. The number of rotatable bonds is 7. The molecule has 0 radical (unpaired) electrons. The Morgan fingerprint density at radius 3 is 2.61 bits per heavy atom. The highest BCUT2D eigenvalue weighted by atomic mass is 32.2. The van der Waals surface area contributed by atoms with Gasteiger partial charge in [0.05, 0.1) is 16.8 Å². The second-order valence-corrected chi connectivity index (χ2v) is 9.11. The average molecular weight is 460 g/mol. The van der Waals surface area contributed by atoms with E-state index in [2.05, 4.69) is 32.5 Å². The molecule has 2 aromatic carbocycles. The van der Waals surface area contributed by atoms with Gasteiger partial charge in [0.25, 0.3) is 5.91 Å². The van der Waals surface area contributed by atoms with Crippen LogP contribution in [0.15, 0.2) is 72.0 Å². The van der Waals surface area contributed by atoms with Gasteiger partial charge in [0.2, 0.25) is 0 Å². The molecule has 33 heavy (non-hydrogen) atoms. The van der Waals surface area contributed by atoms with E-state index < -0.39 is 11.2 Å². The van der Waals surface area contributed by atoms with Crippen LogP contribution >= 0.6 is 0 Å². The number of hydrogen-bond donors (Lipinski definition) is 2. The van der Waals surface area contributed by atoms with Gasteiger partial charge in [0, 0.05) is 42.7 Å². The fourth-order valence-electron chi connectivity index (χ4n) is 3.73. The molecule has 0 aliphatic carbocycles. The average Bonchev–Trinajstić information content (AvgIpc) is 2.86. The van der Waals surface area contributed by atoms with Gasteiger partial charge in [0.15, 0.2) is 4.90 Å². The molecule has 0 spiro atoms. The molecule has 1 amide bonds. The lowest BCUT2D eigenvalue weighted by Crippen LogP contribution is -2.18. The minimum atomic E-state index is -1.01. The number of para-hydroxylation sites is 1. The molecule has 0 aliphatic heterocycles. The van der Waals surface area contributed by atoms with Crippen molar-refractivity contribution in [2.24, 2.45) is 0 Å². The van der Waals surface area contributed by atoms with Crippen LogP contribution in [0.1, 0.15) is 28.8 Å². The zero-order chi connectivity index (χ0) is 23.4. The summed E-state index contributed by atoms with van der Waals surface area (Å²) < 4.78 is 11.6. The summed E-state index contributed by atoms with van der Waals surface area (Å²) in [6, 6.07) is 17.1. The third-order valence-electron chi connectivity index (χ3n) is 5.54. The normalized spacial score (nSPS) is 12.8. The molecule has 0 saturated heterocycles. The molecule has 0 aliphatic rings. The number of pyridine rings is 1. The molecule has 2 aromatic heterocycles. The highest BCUT2D eigenvalue weighted by molar-refractivity contribution is 7.90. The summed E-state index contributed by atoms with van der Waals surface area (Å²) in [6.45, 7) is 2.75. The Bertz CT molecular complexity index is 1280. The molecule has 2 heterocycles. The molecule has 0 fully saturated rings. The van der Waals surface area contributed by atoms with Crippen LogP contribution in [-0.2, 0) is 11.2 Å².